The fraction of sp³-hybridized carbons (Fsp3) is 0.647. The van der Waals surface area contributed by atoms with Gasteiger partial charge in [-0.25, -0.2) is 0 Å². The first kappa shape index (κ1) is 16.7. The maximum atomic E-state index is 6.28. The van der Waals surface area contributed by atoms with Crippen LogP contribution in [0.15, 0.2) is 30.3 Å². The molecule has 1 fully saturated rings. The Morgan fingerprint density at radius 3 is 2.38 bits per heavy atom. The molecular weight excluding hydrogens is 280 g/mol. The molecule has 0 amide bonds. The highest BCUT2D eigenvalue weighted by Crippen LogP contribution is 2.37. The zero-order valence-corrected chi connectivity index (χ0v) is 14.9. The second kappa shape index (κ2) is 6.61. The fourth-order valence-electron chi connectivity index (χ4n) is 1.82. The van der Waals surface area contributed by atoms with Gasteiger partial charge in [-0.3, -0.25) is 0 Å². The highest BCUT2D eigenvalue weighted by atomic mass is 28.4. The first-order valence-corrected chi connectivity index (χ1v) is 10.6. The van der Waals surface area contributed by atoms with Crippen molar-refractivity contribution in [2.24, 2.45) is 0 Å². The molecule has 0 bridgehead atoms. The maximum Gasteiger partial charge on any atom is 0.192 e. The van der Waals surface area contributed by atoms with Crippen LogP contribution >= 0.6 is 0 Å². The summed E-state index contributed by atoms with van der Waals surface area (Å²) in [6.07, 6.45) is 0.248. The molecule has 0 aromatic heterocycles. The van der Waals surface area contributed by atoms with E-state index in [1.165, 1.54) is 5.56 Å². The summed E-state index contributed by atoms with van der Waals surface area (Å²) in [5, 5.41) is 0.224. The largest absolute Gasteiger partial charge is 0.414 e. The Morgan fingerprint density at radius 1 is 1.24 bits per heavy atom. The standard InChI is InChI=1S/C17H28O3Si/c1-17(2,3)21(4,5)20-13-16(15-12-19-15)18-11-14-9-7-6-8-10-14/h6-10,15-16H,11-13H2,1-5H3/t15-,16-/m0/s1. The van der Waals surface area contributed by atoms with Crippen molar-refractivity contribution < 1.29 is 13.9 Å². The van der Waals surface area contributed by atoms with E-state index in [0.29, 0.717) is 13.2 Å². The van der Waals surface area contributed by atoms with Crippen LogP contribution in [-0.2, 0) is 20.5 Å². The summed E-state index contributed by atoms with van der Waals surface area (Å²) in [4.78, 5) is 0. The van der Waals surface area contributed by atoms with Gasteiger partial charge in [-0.15, -0.1) is 0 Å². The SMILES string of the molecule is CC(C)(C)[Si](C)(C)OC[C@H](OCc1ccccc1)[C@@H]1CO1. The van der Waals surface area contributed by atoms with Gasteiger partial charge in [-0.2, -0.15) is 0 Å². The summed E-state index contributed by atoms with van der Waals surface area (Å²) in [5.74, 6) is 0. The topological polar surface area (TPSA) is 31.0 Å². The minimum absolute atomic E-state index is 0.0410. The second-order valence-corrected chi connectivity index (χ2v) is 12.1. The first-order chi connectivity index (χ1) is 9.79. The van der Waals surface area contributed by atoms with Crippen LogP contribution in [0.25, 0.3) is 0 Å². The van der Waals surface area contributed by atoms with E-state index in [1.807, 2.05) is 18.2 Å². The van der Waals surface area contributed by atoms with Crippen molar-refractivity contribution in [3.63, 3.8) is 0 Å². The highest BCUT2D eigenvalue weighted by molar-refractivity contribution is 6.74. The van der Waals surface area contributed by atoms with Crippen molar-refractivity contribution in [3.05, 3.63) is 35.9 Å². The van der Waals surface area contributed by atoms with E-state index in [9.17, 15) is 0 Å². The van der Waals surface area contributed by atoms with E-state index >= 15 is 0 Å². The lowest BCUT2D eigenvalue weighted by Crippen LogP contribution is -2.43. The van der Waals surface area contributed by atoms with Crippen LogP contribution in [0, 0.1) is 0 Å². The normalized spacial score (nSPS) is 20.3. The average Bonchev–Trinajstić information content (AvgIpc) is 3.23. The average molecular weight is 308 g/mol. The van der Waals surface area contributed by atoms with Crippen molar-refractivity contribution >= 4 is 8.32 Å². The summed E-state index contributed by atoms with van der Waals surface area (Å²) < 4.78 is 17.7. The van der Waals surface area contributed by atoms with Gasteiger partial charge in [-0.05, 0) is 23.7 Å². The van der Waals surface area contributed by atoms with Gasteiger partial charge in [0.15, 0.2) is 8.32 Å². The predicted octanol–water partition coefficient (Wildman–Crippen LogP) is 3.99. The maximum absolute atomic E-state index is 6.28. The molecule has 0 spiro atoms. The Bertz CT molecular complexity index is 435. The van der Waals surface area contributed by atoms with Crippen LogP contribution in [0.4, 0.5) is 0 Å². The number of epoxide rings is 1. The molecule has 21 heavy (non-hydrogen) atoms. The third-order valence-electron chi connectivity index (χ3n) is 4.50. The number of hydrogen-bond acceptors (Lipinski definition) is 3. The zero-order chi connectivity index (χ0) is 15.5. The molecule has 0 saturated carbocycles. The smallest absolute Gasteiger partial charge is 0.192 e. The van der Waals surface area contributed by atoms with Crippen molar-refractivity contribution in [1.29, 1.82) is 0 Å². The second-order valence-electron chi connectivity index (χ2n) is 7.28. The summed E-state index contributed by atoms with van der Waals surface area (Å²) in [5.41, 5.74) is 1.19. The Labute approximate surface area is 129 Å². The number of hydrogen-bond donors (Lipinski definition) is 0. The quantitative estimate of drug-likeness (QED) is 0.563. The monoisotopic (exact) mass is 308 g/mol. The van der Waals surface area contributed by atoms with Gasteiger partial charge in [0.05, 0.1) is 19.8 Å². The lowest BCUT2D eigenvalue weighted by molar-refractivity contribution is -0.00986. The number of ether oxygens (including phenoxy) is 2. The molecule has 1 heterocycles. The van der Waals surface area contributed by atoms with E-state index in [0.717, 1.165) is 6.61 Å². The molecule has 1 aromatic rings. The minimum Gasteiger partial charge on any atom is -0.414 e. The van der Waals surface area contributed by atoms with Crippen molar-refractivity contribution in [3.8, 4) is 0 Å². The van der Waals surface area contributed by atoms with E-state index < -0.39 is 8.32 Å². The van der Waals surface area contributed by atoms with Gasteiger partial charge >= 0.3 is 0 Å². The van der Waals surface area contributed by atoms with Crippen LogP contribution in [0.3, 0.4) is 0 Å². The third kappa shape index (κ3) is 4.92. The van der Waals surface area contributed by atoms with Gasteiger partial charge in [0, 0.05) is 0 Å². The van der Waals surface area contributed by atoms with Crippen LogP contribution in [0.1, 0.15) is 26.3 Å². The summed E-state index contributed by atoms with van der Waals surface area (Å²) in [6.45, 7) is 13.4. The summed E-state index contributed by atoms with van der Waals surface area (Å²) in [6, 6.07) is 10.3. The first-order valence-electron chi connectivity index (χ1n) is 7.71. The molecule has 0 aliphatic carbocycles. The fourth-order valence-corrected chi connectivity index (χ4v) is 2.83. The van der Waals surface area contributed by atoms with E-state index in [4.69, 9.17) is 13.9 Å². The molecule has 1 aromatic carbocycles. The molecule has 0 N–H and O–H groups in total. The molecule has 1 aliphatic rings. The van der Waals surface area contributed by atoms with Crippen molar-refractivity contribution in [2.75, 3.05) is 13.2 Å². The molecule has 3 nitrogen and oxygen atoms in total. The van der Waals surface area contributed by atoms with Gasteiger partial charge in [0.1, 0.15) is 12.2 Å². The number of benzene rings is 1. The van der Waals surface area contributed by atoms with E-state index in [2.05, 4.69) is 46.0 Å². The zero-order valence-electron chi connectivity index (χ0n) is 13.9. The lowest BCUT2D eigenvalue weighted by Gasteiger charge is -2.37. The molecule has 2 rings (SSSR count). The van der Waals surface area contributed by atoms with Crippen LogP contribution < -0.4 is 0 Å². The van der Waals surface area contributed by atoms with E-state index in [1.54, 1.807) is 0 Å². The Balaban J connectivity index is 1.86. The van der Waals surface area contributed by atoms with Crippen LogP contribution in [-0.4, -0.2) is 33.7 Å². The van der Waals surface area contributed by atoms with E-state index in [-0.39, 0.29) is 17.2 Å². The molecule has 4 heteroatoms. The molecular formula is C17H28O3Si. The van der Waals surface area contributed by atoms with Gasteiger partial charge in [0.2, 0.25) is 0 Å². The van der Waals surface area contributed by atoms with Crippen LogP contribution in [0.2, 0.25) is 18.1 Å². The molecule has 118 valence electrons. The minimum atomic E-state index is -1.73. The van der Waals surface area contributed by atoms with Crippen molar-refractivity contribution in [2.45, 2.75) is 57.7 Å². The molecule has 0 unspecified atom stereocenters. The molecule has 2 atom stereocenters. The lowest BCUT2D eigenvalue weighted by atomic mass is 10.2. The highest BCUT2D eigenvalue weighted by Gasteiger charge is 2.40. The summed E-state index contributed by atoms with van der Waals surface area (Å²) >= 11 is 0. The Hall–Kier alpha value is -0.683. The third-order valence-corrected chi connectivity index (χ3v) is 9.00. The van der Waals surface area contributed by atoms with Gasteiger partial charge < -0.3 is 13.9 Å². The molecule has 1 saturated heterocycles. The van der Waals surface area contributed by atoms with Gasteiger partial charge in [0.25, 0.3) is 0 Å². The Kier molecular flexibility index (Phi) is 5.25. The molecule has 1 aliphatic heterocycles. The number of rotatable bonds is 7. The summed E-state index contributed by atoms with van der Waals surface area (Å²) in [7, 11) is -1.73. The molecule has 0 radical (unpaired) electrons. The Morgan fingerprint density at radius 2 is 1.86 bits per heavy atom. The predicted molar refractivity (Wildman–Crippen MR) is 87.9 cm³/mol. The van der Waals surface area contributed by atoms with Gasteiger partial charge in [-0.1, -0.05) is 51.1 Å². The van der Waals surface area contributed by atoms with Crippen LogP contribution in [0.5, 0.6) is 0 Å². The van der Waals surface area contributed by atoms with Crippen molar-refractivity contribution in [1.82, 2.24) is 0 Å².